The second-order valence-electron chi connectivity index (χ2n) is 5.73. The molecular weight excluding hydrogens is 364 g/mol. The van der Waals surface area contributed by atoms with Gasteiger partial charge in [0, 0.05) is 5.56 Å². The van der Waals surface area contributed by atoms with Crippen LogP contribution in [0.3, 0.4) is 0 Å². The Morgan fingerprint density at radius 3 is 2.52 bits per heavy atom. The van der Waals surface area contributed by atoms with Crippen LogP contribution in [0.15, 0.2) is 64.5 Å². The van der Waals surface area contributed by atoms with Crippen molar-refractivity contribution in [1.29, 1.82) is 0 Å². The van der Waals surface area contributed by atoms with Gasteiger partial charge in [-0.1, -0.05) is 35.9 Å². The van der Waals surface area contributed by atoms with Gasteiger partial charge in [-0.25, -0.2) is 5.43 Å². The lowest BCUT2D eigenvalue weighted by atomic mass is 10.2. The van der Waals surface area contributed by atoms with Crippen LogP contribution in [0.2, 0.25) is 0 Å². The fraction of sp³-hybridized carbons (Fsp3) is 0.0526. The third kappa shape index (κ3) is 4.01. The van der Waals surface area contributed by atoms with Crippen LogP contribution in [-0.2, 0) is 0 Å². The molecule has 0 aliphatic rings. The third-order valence-electron chi connectivity index (χ3n) is 3.81. The summed E-state index contributed by atoms with van der Waals surface area (Å²) in [6.07, 6.45) is 1.08. The number of hydrogen-bond donors (Lipinski definition) is 3. The van der Waals surface area contributed by atoms with E-state index < -0.39 is 11.5 Å². The molecule has 0 saturated carbocycles. The van der Waals surface area contributed by atoms with Crippen molar-refractivity contribution in [2.75, 3.05) is 0 Å². The lowest BCUT2D eigenvalue weighted by molar-refractivity contribution is 0.0955. The summed E-state index contributed by atoms with van der Waals surface area (Å²) in [6, 6.07) is 15.7. The number of hydrogen-bond acceptors (Lipinski definition) is 5. The van der Waals surface area contributed by atoms with Crippen molar-refractivity contribution in [2.45, 2.75) is 6.92 Å². The van der Waals surface area contributed by atoms with E-state index in [1.807, 2.05) is 19.1 Å². The van der Waals surface area contributed by atoms with E-state index in [1.54, 1.807) is 42.5 Å². The summed E-state index contributed by atoms with van der Waals surface area (Å²) in [7, 11) is 0. The maximum atomic E-state index is 12.1. The van der Waals surface area contributed by atoms with E-state index in [2.05, 4.69) is 15.5 Å². The van der Waals surface area contributed by atoms with Crippen LogP contribution in [0.5, 0.6) is 5.88 Å². The minimum Gasteiger partial charge on any atom is -0.494 e. The Labute approximate surface area is 159 Å². The molecule has 3 N–H and O–H groups in total. The fourth-order valence-electron chi connectivity index (χ4n) is 2.40. The van der Waals surface area contributed by atoms with Crippen LogP contribution in [0.1, 0.15) is 21.5 Å². The molecule has 1 aromatic heterocycles. The molecule has 0 atom stereocenters. The van der Waals surface area contributed by atoms with Gasteiger partial charge >= 0.3 is 0 Å². The van der Waals surface area contributed by atoms with Gasteiger partial charge in [0.25, 0.3) is 11.5 Å². The van der Waals surface area contributed by atoms with Crippen molar-refractivity contribution >= 4 is 24.3 Å². The van der Waals surface area contributed by atoms with Crippen molar-refractivity contribution in [3.63, 3.8) is 0 Å². The number of aromatic hydroxyl groups is 1. The molecule has 0 aliphatic heterocycles. The first-order chi connectivity index (χ1) is 13.0. The SMILES string of the molecule is Cc1ccc(-n2c(O)c(C=NNC(=O)c3ccccc3)c(=O)[nH]c2=S)cc1. The average Bonchev–Trinajstić information content (AvgIpc) is 2.66. The van der Waals surface area contributed by atoms with Gasteiger partial charge in [0.2, 0.25) is 5.88 Å². The quantitative estimate of drug-likeness (QED) is 0.368. The maximum Gasteiger partial charge on any atom is 0.271 e. The van der Waals surface area contributed by atoms with E-state index in [-0.39, 0.29) is 16.2 Å². The van der Waals surface area contributed by atoms with Crippen molar-refractivity contribution < 1.29 is 9.90 Å². The number of amides is 1. The van der Waals surface area contributed by atoms with Crippen molar-refractivity contribution in [3.8, 4) is 11.6 Å². The zero-order chi connectivity index (χ0) is 19.4. The predicted octanol–water partition coefficient (Wildman–Crippen LogP) is 2.67. The number of nitrogens with zero attached hydrogens (tertiary/aromatic N) is 2. The van der Waals surface area contributed by atoms with E-state index in [1.165, 1.54) is 4.57 Å². The number of aromatic nitrogens is 2. The third-order valence-corrected chi connectivity index (χ3v) is 4.09. The predicted molar refractivity (Wildman–Crippen MR) is 105 cm³/mol. The molecule has 1 amide bonds. The molecule has 0 saturated heterocycles. The molecule has 0 spiro atoms. The Morgan fingerprint density at radius 1 is 1.19 bits per heavy atom. The molecule has 2 aromatic carbocycles. The van der Waals surface area contributed by atoms with Gasteiger partial charge in [0.1, 0.15) is 5.56 Å². The first kappa shape index (κ1) is 18.3. The Bertz CT molecular complexity index is 1120. The second-order valence-corrected chi connectivity index (χ2v) is 6.12. The van der Waals surface area contributed by atoms with Crippen molar-refractivity contribution in [3.05, 3.63) is 86.4 Å². The normalized spacial score (nSPS) is 10.9. The highest BCUT2D eigenvalue weighted by atomic mass is 32.1. The zero-order valence-electron chi connectivity index (χ0n) is 14.3. The number of hydrazone groups is 1. The summed E-state index contributed by atoms with van der Waals surface area (Å²) >= 11 is 5.15. The summed E-state index contributed by atoms with van der Waals surface area (Å²) in [5.74, 6) is -0.806. The largest absolute Gasteiger partial charge is 0.494 e. The van der Waals surface area contributed by atoms with Gasteiger partial charge in [-0.3, -0.25) is 19.1 Å². The van der Waals surface area contributed by atoms with Gasteiger partial charge in [-0.2, -0.15) is 5.10 Å². The summed E-state index contributed by atoms with van der Waals surface area (Å²) in [5.41, 5.74) is 3.62. The summed E-state index contributed by atoms with van der Waals surface area (Å²) in [6.45, 7) is 1.93. The molecule has 27 heavy (non-hydrogen) atoms. The Hall–Kier alpha value is -3.52. The highest BCUT2D eigenvalue weighted by Gasteiger charge is 2.12. The summed E-state index contributed by atoms with van der Waals surface area (Å²) in [5, 5.41) is 14.3. The van der Waals surface area contributed by atoms with E-state index in [0.29, 0.717) is 11.3 Å². The molecule has 8 heteroatoms. The summed E-state index contributed by atoms with van der Waals surface area (Å²) < 4.78 is 1.36. The van der Waals surface area contributed by atoms with Gasteiger partial charge < -0.3 is 5.11 Å². The van der Waals surface area contributed by atoms with Gasteiger partial charge in [-0.05, 0) is 43.4 Å². The lowest BCUT2D eigenvalue weighted by Gasteiger charge is -2.11. The maximum absolute atomic E-state index is 12.1. The number of aryl methyl sites for hydroxylation is 1. The van der Waals surface area contributed by atoms with E-state index in [9.17, 15) is 14.7 Å². The highest BCUT2D eigenvalue weighted by molar-refractivity contribution is 7.71. The molecule has 7 nitrogen and oxygen atoms in total. The Kier molecular flexibility index (Phi) is 5.28. The Balaban J connectivity index is 1.93. The van der Waals surface area contributed by atoms with Crippen LogP contribution in [0, 0.1) is 11.7 Å². The monoisotopic (exact) mass is 380 g/mol. The molecule has 0 aliphatic carbocycles. The van der Waals surface area contributed by atoms with Crippen LogP contribution in [-0.4, -0.2) is 26.8 Å². The zero-order valence-corrected chi connectivity index (χ0v) is 15.2. The van der Waals surface area contributed by atoms with Gasteiger partial charge in [0.15, 0.2) is 4.77 Å². The number of carbonyl (C=O) groups is 1. The van der Waals surface area contributed by atoms with Crippen molar-refractivity contribution in [2.24, 2.45) is 5.10 Å². The lowest BCUT2D eigenvalue weighted by Crippen LogP contribution is -2.21. The number of nitrogens with one attached hydrogen (secondary N) is 2. The van der Waals surface area contributed by atoms with Gasteiger partial charge in [0.05, 0.1) is 11.9 Å². The number of aromatic amines is 1. The first-order valence-corrected chi connectivity index (χ1v) is 8.42. The highest BCUT2D eigenvalue weighted by Crippen LogP contribution is 2.18. The van der Waals surface area contributed by atoms with Gasteiger partial charge in [-0.15, -0.1) is 0 Å². The molecule has 0 radical (unpaired) electrons. The molecule has 3 aromatic rings. The van der Waals surface area contributed by atoms with Crippen LogP contribution < -0.4 is 11.0 Å². The average molecular weight is 380 g/mol. The molecule has 136 valence electrons. The minimum atomic E-state index is -0.612. The number of rotatable bonds is 4. The van der Waals surface area contributed by atoms with Crippen molar-refractivity contribution in [1.82, 2.24) is 15.0 Å². The summed E-state index contributed by atoms with van der Waals surface area (Å²) in [4.78, 5) is 26.6. The Morgan fingerprint density at radius 2 is 1.85 bits per heavy atom. The smallest absolute Gasteiger partial charge is 0.271 e. The number of benzene rings is 2. The molecule has 1 heterocycles. The van der Waals surface area contributed by atoms with Crippen LogP contribution in [0.25, 0.3) is 5.69 Å². The van der Waals surface area contributed by atoms with E-state index >= 15 is 0 Å². The fourth-order valence-corrected chi connectivity index (χ4v) is 2.68. The number of H-pyrrole nitrogens is 1. The minimum absolute atomic E-state index is 0.0480. The second kappa shape index (κ2) is 7.79. The van der Waals surface area contributed by atoms with Crippen LogP contribution >= 0.6 is 12.2 Å². The van der Waals surface area contributed by atoms with E-state index in [0.717, 1.165) is 11.8 Å². The number of carbonyl (C=O) groups excluding carboxylic acids is 1. The molecular formula is C19H16N4O3S. The molecule has 0 unspecified atom stereocenters. The standard InChI is InChI=1S/C19H16N4O3S/c1-12-7-9-14(10-8-12)23-18(26)15(17(25)21-19(23)27)11-20-22-16(24)13-5-3-2-4-6-13/h2-11,26H,1H3,(H,22,24)(H,21,25,27). The molecule has 0 fully saturated rings. The first-order valence-electron chi connectivity index (χ1n) is 8.01. The molecule has 3 rings (SSSR count). The van der Waals surface area contributed by atoms with E-state index in [4.69, 9.17) is 12.2 Å². The van der Waals surface area contributed by atoms with Crippen LogP contribution in [0.4, 0.5) is 0 Å². The topological polar surface area (TPSA) is 99.5 Å². The molecule has 0 bridgehead atoms.